The molecule has 0 aliphatic carbocycles. The molecule has 0 aromatic carbocycles. The Labute approximate surface area is 96.9 Å². The summed E-state index contributed by atoms with van der Waals surface area (Å²) in [7, 11) is 3.68. The van der Waals surface area contributed by atoms with Gasteiger partial charge in [0, 0.05) is 32.6 Å². The van der Waals surface area contributed by atoms with E-state index in [-0.39, 0.29) is 18.2 Å². The van der Waals surface area contributed by atoms with Gasteiger partial charge in [-0.2, -0.15) is 8.78 Å². The normalized spacial score (nSPS) is 24.9. The van der Waals surface area contributed by atoms with Crippen molar-refractivity contribution in [2.24, 2.45) is 5.92 Å². The first-order chi connectivity index (χ1) is 7.24. The summed E-state index contributed by atoms with van der Waals surface area (Å²) in [6.07, 6.45) is -0.106. The Kier molecular flexibility index (Phi) is 3.94. The van der Waals surface area contributed by atoms with Crippen molar-refractivity contribution in [2.75, 3.05) is 27.2 Å². The zero-order valence-corrected chi connectivity index (χ0v) is 10.6. The van der Waals surface area contributed by atoms with E-state index in [9.17, 15) is 8.78 Å². The minimum absolute atomic E-state index is 0.0459. The fraction of sp³-hybridized carbons (Fsp3) is 0.833. The number of rotatable bonds is 4. The van der Waals surface area contributed by atoms with Gasteiger partial charge in [-0.15, -0.1) is 0 Å². The molecule has 1 aliphatic heterocycles. The summed E-state index contributed by atoms with van der Waals surface area (Å²) in [4.78, 5) is 3.73. The number of alkyl halides is 2. The first kappa shape index (κ1) is 13.4. The van der Waals surface area contributed by atoms with Crippen molar-refractivity contribution >= 4 is 0 Å². The molecule has 0 amide bonds. The SMILES string of the molecule is C=C1N(C)[C@H](CN(C)CC(C)C)CC1(F)F. The van der Waals surface area contributed by atoms with E-state index in [1.165, 1.54) is 0 Å². The van der Waals surface area contributed by atoms with Crippen LogP contribution in [0.4, 0.5) is 8.78 Å². The monoisotopic (exact) mass is 232 g/mol. The highest BCUT2D eigenvalue weighted by atomic mass is 19.3. The van der Waals surface area contributed by atoms with Gasteiger partial charge in [0.1, 0.15) is 0 Å². The molecular formula is C12H22F2N2. The van der Waals surface area contributed by atoms with Gasteiger partial charge in [0.25, 0.3) is 5.92 Å². The van der Waals surface area contributed by atoms with Gasteiger partial charge in [-0.25, -0.2) is 0 Å². The fourth-order valence-electron chi connectivity index (χ4n) is 2.27. The standard InChI is InChI=1S/C12H22F2N2/c1-9(2)7-15(4)8-11-6-12(13,14)10(3)16(11)5/h9,11H,3,6-8H2,1-2,4-5H3/t11-/m0/s1. The van der Waals surface area contributed by atoms with Gasteiger partial charge in [0.15, 0.2) is 0 Å². The molecule has 1 aliphatic rings. The van der Waals surface area contributed by atoms with Gasteiger partial charge in [-0.1, -0.05) is 20.4 Å². The van der Waals surface area contributed by atoms with Crippen LogP contribution in [-0.4, -0.2) is 48.9 Å². The van der Waals surface area contributed by atoms with E-state index in [0.29, 0.717) is 12.5 Å². The molecule has 1 fully saturated rings. The number of hydrogen-bond acceptors (Lipinski definition) is 2. The van der Waals surface area contributed by atoms with Crippen LogP contribution < -0.4 is 0 Å². The lowest BCUT2D eigenvalue weighted by atomic mass is 10.1. The van der Waals surface area contributed by atoms with Crippen molar-refractivity contribution < 1.29 is 8.78 Å². The summed E-state index contributed by atoms with van der Waals surface area (Å²) in [5, 5.41) is 0. The van der Waals surface area contributed by atoms with Crippen molar-refractivity contribution in [1.29, 1.82) is 0 Å². The number of allylic oxidation sites excluding steroid dienone is 1. The van der Waals surface area contributed by atoms with Crippen molar-refractivity contribution in [3.63, 3.8) is 0 Å². The molecule has 0 aromatic rings. The Balaban J connectivity index is 2.54. The maximum atomic E-state index is 13.4. The molecule has 0 radical (unpaired) electrons. The topological polar surface area (TPSA) is 6.48 Å². The van der Waals surface area contributed by atoms with Gasteiger partial charge in [-0.05, 0) is 13.0 Å². The number of nitrogens with zero attached hydrogens (tertiary/aromatic N) is 2. The third-order valence-corrected chi connectivity index (χ3v) is 3.09. The smallest absolute Gasteiger partial charge is 0.288 e. The summed E-state index contributed by atoms with van der Waals surface area (Å²) in [6.45, 7) is 9.32. The van der Waals surface area contributed by atoms with Crippen molar-refractivity contribution in [2.45, 2.75) is 32.2 Å². The predicted molar refractivity (Wildman–Crippen MR) is 62.6 cm³/mol. The van der Waals surface area contributed by atoms with Gasteiger partial charge in [0.2, 0.25) is 0 Å². The van der Waals surface area contributed by atoms with Crippen LogP contribution in [0.5, 0.6) is 0 Å². The summed E-state index contributed by atoms with van der Waals surface area (Å²) < 4.78 is 26.8. The Morgan fingerprint density at radius 2 is 2.12 bits per heavy atom. The number of likely N-dealkylation sites (tertiary alicyclic amines) is 1. The first-order valence-corrected chi connectivity index (χ1v) is 5.72. The van der Waals surface area contributed by atoms with Crippen molar-refractivity contribution in [3.8, 4) is 0 Å². The van der Waals surface area contributed by atoms with Crippen LogP contribution in [0, 0.1) is 5.92 Å². The highest BCUT2D eigenvalue weighted by Crippen LogP contribution is 2.39. The van der Waals surface area contributed by atoms with Crippen LogP contribution in [0.25, 0.3) is 0 Å². The molecule has 4 heteroatoms. The van der Waals surface area contributed by atoms with Crippen LogP contribution in [-0.2, 0) is 0 Å². The van der Waals surface area contributed by atoms with E-state index in [2.05, 4.69) is 25.3 Å². The zero-order valence-electron chi connectivity index (χ0n) is 10.6. The van der Waals surface area contributed by atoms with Crippen LogP contribution in [0.2, 0.25) is 0 Å². The minimum Gasteiger partial charge on any atom is -0.369 e. The highest BCUT2D eigenvalue weighted by molar-refractivity contribution is 5.15. The van der Waals surface area contributed by atoms with Crippen molar-refractivity contribution in [1.82, 2.24) is 9.80 Å². The largest absolute Gasteiger partial charge is 0.369 e. The molecule has 1 atom stereocenters. The summed E-state index contributed by atoms with van der Waals surface area (Å²) >= 11 is 0. The summed E-state index contributed by atoms with van der Waals surface area (Å²) in [6, 6.07) is -0.119. The second kappa shape index (κ2) is 4.70. The lowest BCUT2D eigenvalue weighted by Gasteiger charge is -2.27. The van der Waals surface area contributed by atoms with Crippen LogP contribution >= 0.6 is 0 Å². The lowest BCUT2D eigenvalue weighted by Crippen LogP contribution is -2.37. The fourth-order valence-corrected chi connectivity index (χ4v) is 2.27. The van der Waals surface area contributed by atoms with E-state index in [0.717, 1.165) is 6.54 Å². The average molecular weight is 232 g/mol. The van der Waals surface area contributed by atoms with Crippen LogP contribution in [0.1, 0.15) is 20.3 Å². The predicted octanol–water partition coefficient (Wildman–Crippen LogP) is 2.43. The Hall–Kier alpha value is -0.640. The second-order valence-corrected chi connectivity index (χ2v) is 5.24. The molecule has 2 nitrogen and oxygen atoms in total. The van der Waals surface area contributed by atoms with E-state index >= 15 is 0 Å². The molecule has 94 valence electrons. The van der Waals surface area contributed by atoms with Gasteiger partial charge >= 0.3 is 0 Å². The molecular weight excluding hydrogens is 210 g/mol. The average Bonchev–Trinajstić information content (AvgIpc) is 2.28. The van der Waals surface area contributed by atoms with E-state index in [1.807, 2.05) is 7.05 Å². The van der Waals surface area contributed by atoms with Crippen molar-refractivity contribution in [3.05, 3.63) is 12.3 Å². The molecule has 1 heterocycles. The quantitative estimate of drug-likeness (QED) is 0.734. The Morgan fingerprint density at radius 1 is 1.56 bits per heavy atom. The number of likely N-dealkylation sites (N-methyl/N-ethyl adjacent to an activating group) is 2. The molecule has 0 aromatic heterocycles. The Bertz CT molecular complexity index is 264. The second-order valence-electron chi connectivity index (χ2n) is 5.24. The molecule has 1 rings (SSSR count). The van der Waals surface area contributed by atoms with Gasteiger partial charge < -0.3 is 9.80 Å². The maximum Gasteiger partial charge on any atom is 0.288 e. The molecule has 0 spiro atoms. The summed E-state index contributed by atoms with van der Waals surface area (Å²) in [5.74, 6) is -2.17. The molecule has 0 saturated carbocycles. The van der Waals surface area contributed by atoms with Crippen LogP contribution in [0.3, 0.4) is 0 Å². The van der Waals surface area contributed by atoms with Gasteiger partial charge in [0.05, 0.1) is 5.70 Å². The van der Waals surface area contributed by atoms with E-state index < -0.39 is 5.92 Å². The molecule has 16 heavy (non-hydrogen) atoms. The molecule has 0 unspecified atom stereocenters. The van der Waals surface area contributed by atoms with Crippen LogP contribution in [0.15, 0.2) is 12.3 Å². The third-order valence-electron chi connectivity index (χ3n) is 3.09. The third kappa shape index (κ3) is 2.94. The number of halogens is 2. The summed E-state index contributed by atoms with van der Waals surface area (Å²) in [5.41, 5.74) is -0.0459. The number of hydrogen-bond donors (Lipinski definition) is 0. The maximum absolute atomic E-state index is 13.4. The minimum atomic E-state index is -2.72. The van der Waals surface area contributed by atoms with E-state index in [4.69, 9.17) is 0 Å². The van der Waals surface area contributed by atoms with E-state index in [1.54, 1.807) is 11.9 Å². The zero-order chi connectivity index (χ0) is 12.5. The lowest BCUT2D eigenvalue weighted by molar-refractivity contribution is 0.0438. The Morgan fingerprint density at radius 3 is 2.50 bits per heavy atom. The molecule has 0 bridgehead atoms. The highest BCUT2D eigenvalue weighted by Gasteiger charge is 2.46. The molecule has 1 saturated heterocycles. The molecule has 0 N–H and O–H groups in total. The first-order valence-electron chi connectivity index (χ1n) is 5.72. The van der Waals surface area contributed by atoms with Gasteiger partial charge in [-0.3, -0.25) is 0 Å².